The molecule has 8 heteroatoms. The molecule has 1 amide bonds. The molecule has 0 spiro atoms. The summed E-state index contributed by atoms with van der Waals surface area (Å²) in [6, 6.07) is 10.6. The highest BCUT2D eigenvalue weighted by Gasteiger charge is 2.46. The third-order valence-corrected chi connectivity index (χ3v) is 8.97. The lowest BCUT2D eigenvalue weighted by atomic mass is 9.93. The van der Waals surface area contributed by atoms with E-state index in [0.29, 0.717) is 19.5 Å². The van der Waals surface area contributed by atoms with Crippen LogP contribution in [0.2, 0.25) is 0 Å². The number of fused-ring (bicyclic) bond motifs is 1. The zero-order chi connectivity index (χ0) is 23.3. The number of carboxylic acid groups (broad SMARTS) is 1. The minimum absolute atomic E-state index is 0.0516. The summed E-state index contributed by atoms with van der Waals surface area (Å²) in [6.07, 6.45) is 1.12. The van der Waals surface area contributed by atoms with Gasteiger partial charge < -0.3 is 14.8 Å². The van der Waals surface area contributed by atoms with Crippen molar-refractivity contribution < 1.29 is 27.2 Å². The van der Waals surface area contributed by atoms with Crippen molar-refractivity contribution in [2.45, 2.75) is 61.4 Å². The number of hydrogen-bond donors (Lipinski definition) is 0. The van der Waals surface area contributed by atoms with Crippen LogP contribution in [0.5, 0.6) is 0 Å². The van der Waals surface area contributed by atoms with Gasteiger partial charge in [-0.1, -0.05) is 12.1 Å². The van der Waals surface area contributed by atoms with E-state index in [0.717, 1.165) is 36.7 Å². The first-order chi connectivity index (χ1) is 15.0. The van der Waals surface area contributed by atoms with Crippen LogP contribution < -0.4 is 10.0 Å². The van der Waals surface area contributed by atoms with Gasteiger partial charge in [0.15, 0.2) is 0 Å². The van der Waals surface area contributed by atoms with E-state index in [1.807, 2.05) is 20.8 Å². The van der Waals surface area contributed by atoms with E-state index in [1.165, 1.54) is 18.2 Å². The summed E-state index contributed by atoms with van der Waals surface area (Å²) in [5.74, 6) is -0.759. The van der Waals surface area contributed by atoms with Crippen molar-refractivity contribution in [3.63, 3.8) is 0 Å². The van der Waals surface area contributed by atoms with Gasteiger partial charge in [-0.15, -0.1) is 0 Å². The van der Waals surface area contributed by atoms with Crippen molar-refractivity contribution in [1.82, 2.24) is 0 Å². The van der Waals surface area contributed by atoms with Crippen molar-refractivity contribution in [2.75, 3.05) is 24.5 Å². The number of carbonyl (C=O) groups excluding carboxylic acids is 1. The first-order valence-electron chi connectivity index (χ1n) is 11.0. The van der Waals surface area contributed by atoms with Crippen LogP contribution in [0.3, 0.4) is 0 Å². The van der Waals surface area contributed by atoms with Gasteiger partial charge in [-0.25, -0.2) is 12.8 Å². The number of sulfone groups is 1. The fraction of sp³-hybridized carbons (Fsp3) is 0.458. The molecule has 0 N–H and O–H groups in total. The predicted octanol–water partition coefficient (Wildman–Crippen LogP) is 3.14. The van der Waals surface area contributed by atoms with Crippen LogP contribution in [0.25, 0.3) is 0 Å². The molecule has 0 radical (unpaired) electrons. The Bertz CT molecular complexity index is 1150. The van der Waals surface area contributed by atoms with Crippen LogP contribution in [0.4, 0.5) is 14.9 Å². The quantitative estimate of drug-likeness (QED) is 0.658. The summed E-state index contributed by atoms with van der Waals surface area (Å²) in [5, 5.41) is 12.0. The van der Waals surface area contributed by atoms with Crippen LogP contribution in [0.1, 0.15) is 39.2 Å². The van der Waals surface area contributed by atoms with Crippen LogP contribution in [0, 0.1) is 5.82 Å². The number of benzene rings is 2. The smallest absolute Gasteiger partial charge is 0.257 e. The Hall–Kier alpha value is -2.45. The standard InChI is InChI=1S/C24H29FN2O4S/c1-24(2,3)27(23(28)29)14-11-18(12-15-27)26-13-10-17-16-19(8-9-21(17)26)32(30,31)22-7-5-4-6-20(22)25/h4-9,16,18H,10-15H2,1-3H3. The number of halogens is 1. The maximum absolute atomic E-state index is 14.1. The number of likely N-dealkylation sites (tertiary alicyclic amines) is 1. The van der Waals surface area contributed by atoms with E-state index in [2.05, 4.69) is 4.90 Å². The van der Waals surface area contributed by atoms with Crippen LogP contribution in [-0.4, -0.2) is 50.2 Å². The topological polar surface area (TPSA) is 77.5 Å². The molecule has 0 atom stereocenters. The molecule has 1 fully saturated rings. The van der Waals surface area contributed by atoms with Gasteiger partial charge in [0.2, 0.25) is 9.84 Å². The zero-order valence-corrected chi connectivity index (χ0v) is 19.5. The van der Waals surface area contributed by atoms with E-state index < -0.39 is 27.3 Å². The molecule has 2 aliphatic rings. The molecular weight excluding hydrogens is 431 g/mol. The molecule has 0 aliphatic carbocycles. The Morgan fingerprint density at radius 3 is 2.38 bits per heavy atom. The first-order valence-corrected chi connectivity index (χ1v) is 12.4. The minimum Gasteiger partial charge on any atom is -0.498 e. The van der Waals surface area contributed by atoms with E-state index in [4.69, 9.17) is 0 Å². The summed E-state index contributed by atoms with van der Waals surface area (Å²) in [6.45, 7) is 7.57. The fourth-order valence-corrected chi connectivity index (χ4v) is 6.55. The molecule has 2 aliphatic heterocycles. The average molecular weight is 461 g/mol. The number of carbonyl (C=O) groups is 1. The molecule has 1 saturated heterocycles. The highest BCUT2D eigenvalue weighted by molar-refractivity contribution is 7.91. The highest BCUT2D eigenvalue weighted by atomic mass is 32.2. The number of piperidine rings is 1. The summed E-state index contributed by atoms with van der Waals surface area (Å²) in [4.78, 5) is 14.0. The maximum Gasteiger partial charge on any atom is 0.257 e. The number of rotatable bonds is 3. The summed E-state index contributed by atoms with van der Waals surface area (Å²) in [7, 11) is -3.94. The second-order valence-electron chi connectivity index (χ2n) is 9.75. The number of anilines is 1. The molecule has 4 rings (SSSR count). The van der Waals surface area contributed by atoms with Gasteiger partial charge in [0.25, 0.3) is 6.09 Å². The van der Waals surface area contributed by atoms with Gasteiger partial charge in [-0.05, 0) is 63.1 Å². The lowest BCUT2D eigenvalue weighted by Gasteiger charge is -2.52. The van der Waals surface area contributed by atoms with E-state index >= 15 is 0 Å². The summed E-state index contributed by atoms with van der Waals surface area (Å²) < 4.78 is 40.0. The van der Waals surface area contributed by atoms with Gasteiger partial charge >= 0.3 is 0 Å². The third-order valence-electron chi connectivity index (χ3n) is 7.18. The molecule has 2 aromatic rings. The molecule has 2 heterocycles. The highest BCUT2D eigenvalue weighted by Crippen LogP contribution is 2.38. The Morgan fingerprint density at radius 1 is 1.12 bits per heavy atom. The zero-order valence-electron chi connectivity index (χ0n) is 18.7. The fourth-order valence-electron chi connectivity index (χ4n) is 5.17. The Kier molecular flexibility index (Phi) is 5.57. The van der Waals surface area contributed by atoms with Gasteiger partial charge in [0.05, 0.1) is 23.5 Å². The van der Waals surface area contributed by atoms with E-state index in [1.54, 1.807) is 18.2 Å². The maximum atomic E-state index is 14.1. The monoisotopic (exact) mass is 460 g/mol. The summed E-state index contributed by atoms with van der Waals surface area (Å²) >= 11 is 0. The molecule has 0 unspecified atom stereocenters. The lowest BCUT2D eigenvalue weighted by molar-refractivity contribution is -0.923. The van der Waals surface area contributed by atoms with Crippen molar-refractivity contribution in [3.05, 3.63) is 53.8 Å². The number of amides is 1. The van der Waals surface area contributed by atoms with Crippen molar-refractivity contribution >= 4 is 21.6 Å². The normalized spacial score (nSPS) is 23.8. The Balaban J connectivity index is 1.57. The van der Waals surface area contributed by atoms with Gasteiger partial charge in [-0.3, -0.25) is 4.48 Å². The number of hydrogen-bond acceptors (Lipinski definition) is 5. The number of nitrogens with zero attached hydrogens (tertiary/aromatic N) is 2. The second-order valence-corrected chi connectivity index (χ2v) is 11.7. The molecule has 6 nitrogen and oxygen atoms in total. The Morgan fingerprint density at radius 2 is 1.78 bits per heavy atom. The van der Waals surface area contributed by atoms with E-state index in [9.17, 15) is 22.7 Å². The average Bonchev–Trinajstić information content (AvgIpc) is 3.16. The molecule has 2 aromatic carbocycles. The summed E-state index contributed by atoms with van der Waals surface area (Å²) in [5.41, 5.74) is 1.46. The van der Waals surface area contributed by atoms with Crippen molar-refractivity contribution in [3.8, 4) is 0 Å². The molecular formula is C24H29FN2O4S. The predicted molar refractivity (Wildman–Crippen MR) is 118 cm³/mol. The Labute approximate surface area is 188 Å². The molecule has 32 heavy (non-hydrogen) atoms. The van der Waals surface area contributed by atoms with Crippen molar-refractivity contribution in [2.24, 2.45) is 0 Å². The molecule has 0 aromatic heterocycles. The molecule has 0 saturated carbocycles. The van der Waals surface area contributed by atoms with Crippen LogP contribution in [-0.2, 0) is 16.3 Å². The third kappa shape index (κ3) is 3.59. The molecule has 0 bridgehead atoms. The van der Waals surface area contributed by atoms with Crippen LogP contribution in [0.15, 0.2) is 52.3 Å². The molecule has 172 valence electrons. The first kappa shape index (κ1) is 22.7. The van der Waals surface area contributed by atoms with Crippen LogP contribution >= 0.6 is 0 Å². The lowest BCUT2D eigenvalue weighted by Crippen LogP contribution is -2.71. The second kappa shape index (κ2) is 7.85. The number of quaternary nitrogens is 1. The van der Waals surface area contributed by atoms with Gasteiger partial charge in [0.1, 0.15) is 10.7 Å². The minimum atomic E-state index is -3.94. The van der Waals surface area contributed by atoms with E-state index in [-0.39, 0.29) is 20.3 Å². The van der Waals surface area contributed by atoms with Crippen molar-refractivity contribution in [1.29, 1.82) is 0 Å². The SMILES string of the molecule is CC(C)(C)[N+]1(C(=O)[O-])CCC(N2CCc3cc(S(=O)(=O)c4ccccc4F)ccc32)CC1. The van der Waals surface area contributed by atoms with Gasteiger partial charge in [0, 0.05) is 31.1 Å². The van der Waals surface area contributed by atoms with Gasteiger partial charge in [-0.2, -0.15) is 0 Å². The largest absolute Gasteiger partial charge is 0.498 e.